The number of nitrogens with zero attached hydrogens (tertiary/aromatic N) is 6. The van der Waals surface area contributed by atoms with Gasteiger partial charge in [0.05, 0.1) is 5.69 Å². The molecule has 0 aliphatic carbocycles. The molecule has 0 N–H and O–H groups in total. The lowest BCUT2D eigenvalue weighted by Crippen LogP contribution is -2.47. The van der Waals surface area contributed by atoms with E-state index in [0.717, 1.165) is 44.1 Å². The van der Waals surface area contributed by atoms with E-state index in [1.54, 1.807) is 12.4 Å². The second kappa shape index (κ2) is 6.31. The Balaban J connectivity index is 1.64. The SMILES string of the molecule is CCc1c(C)nc2ncnn2c1N1CCN(c2ccccc2F)CC1. The molecule has 0 amide bonds. The number of para-hydroxylation sites is 1. The maximum Gasteiger partial charge on any atom is 0.254 e. The van der Waals surface area contributed by atoms with E-state index in [2.05, 4.69) is 31.8 Å². The van der Waals surface area contributed by atoms with Crippen LogP contribution in [-0.4, -0.2) is 45.8 Å². The predicted octanol–water partition coefficient (Wildman–Crippen LogP) is 2.46. The molecule has 0 unspecified atom stereocenters. The molecule has 0 spiro atoms. The van der Waals surface area contributed by atoms with Crippen LogP contribution in [0.25, 0.3) is 5.78 Å². The van der Waals surface area contributed by atoms with Gasteiger partial charge in [0, 0.05) is 37.4 Å². The number of hydrogen-bond acceptors (Lipinski definition) is 5. The maximum absolute atomic E-state index is 14.0. The molecule has 6 nitrogen and oxygen atoms in total. The van der Waals surface area contributed by atoms with Crippen molar-refractivity contribution in [1.29, 1.82) is 0 Å². The van der Waals surface area contributed by atoms with E-state index in [-0.39, 0.29) is 5.82 Å². The molecule has 1 saturated heterocycles. The van der Waals surface area contributed by atoms with Gasteiger partial charge in [0.2, 0.25) is 0 Å². The van der Waals surface area contributed by atoms with Gasteiger partial charge in [0.1, 0.15) is 18.0 Å². The van der Waals surface area contributed by atoms with E-state index < -0.39 is 0 Å². The van der Waals surface area contributed by atoms with Gasteiger partial charge >= 0.3 is 0 Å². The van der Waals surface area contributed by atoms with Crippen molar-refractivity contribution in [3.05, 3.63) is 47.7 Å². The van der Waals surface area contributed by atoms with Gasteiger partial charge < -0.3 is 9.80 Å². The predicted molar refractivity (Wildman–Crippen MR) is 95.7 cm³/mol. The summed E-state index contributed by atoms with van der Waals surface area (Å²) in [5.41, 5.74) is 2.86. The number of aromatic nitrogens is 4. The Kier molecular flexibility index (Phi) is 3.99. The van der Waals surface area contributed by atoms with Gasteiger partial charge in [0.15, 0.2) is 0 Å². The van der Waals surface area contributed by atoms with Crippen molar-refractivity contribution in [2.75, 3.05) is 36.0 Å². The molecule has 0 atom stereocenters. The number of halogens is 1. The zero-order valence-electron chi connectivity index (χ0n) is 14.5. The van der Waals surface area contributed by atoms with Crippen LogP contribution in [0.2, 0.25) is 0 Å². The van der Waals surface area contributed by atoms with Gasteiger partial charge in [0.25, 0.3) is 5.78 Å². The molecule has 1 aromatic carbocycles. The van der Waals surface area contributed by atoms with Crippen LogP contribution in [0.15, 0.2) is 30.6 Å². The Morgan fingerprint density at radius 3 is 2.52 bits per heavy atom. The normalized spacial score (nSPS) is 15.2. The Morgan fingerprint density at radius 2 is 1.80 bits per heavy atom. The highest BCUT2D eigenvalue weighted by Gasteiger charge is 2.24. The van der Waals surface area contributed by atoms with Gasteiger partial charge in [-0.05, 0) is 25.5 Å². The van der Waals surface area contributed by atoms with E-state index in [1.165, 1.54) is 11.6 Å². The standard InChI is InChI=1S/C18H21FN6/c1-3-14-13(2)22-18-20-12-21-25(18)17(14)24-10-8-23(9-11-24)16-7-5-4-6-15(16)19/h4-7,12H,3,8-11H2,1-2H3. The van der Waals surface area contributed by atoms with Crippen molar-refractivity contribution in [3.63, 3.8) is 0 Å². The van der Waals surface area contributed by atoms with E-state index in [0.29, 0.717) is 11.5 Å². The van der Waals surface area contributed by atoms with Crippen molar-refractivity contribution in [3.8, 4) is 0 Å². The van der Waals surface area contributed by atoms with Gasteiger partial charge in [-0.3, -0.25) is 0 Å². The highest BCUT2D eigenvalue weighted by molar-refractivity contribution is 5.56. The molecule has 1 aliphatic rings. The van der Waals surface area contributed by atoms with E-state index in [4.69, 9.17) is 0 Å². The third kappa shape index (κ3) is 2.69. The number of rotatable bonds is 3. The number of fused-ring (bicyclic) bond motifs is 1. The average Bonchev–Trinajstić information content (AvgIpc) is 3.09. The minimum absolute atomic E-state index is 0.163. The summed E-state index contributed by atoms with van der Waals surface area (Å²) in [7, 11) is 0. The summed E-state index contributed by atoms with van der Waals surface area (Å²) in [5.74, 6) is 1.53. The first-order chi connectivity index (χ1) is 12.2. The monoisotopic (exact) mass is 340 g/mol. The highest BCUT2D eigenvalue weighted by Crippen LogP contribution is 2.27. The minimum Gasteiger partial charge on any atom is -0.366 e. The van der Waals surface area contributed by atoms with Gasteiger partial charge in [-0.15, -0.1) is 0 Å². The summed E-state index contributed by atoms with van der Waals surface area (Å²) in [6.07, 6.45) is 2.43. The van der Waals surface area contributed by atoms with Crippen LogP contribution in [0, 0.1) is 12.7 Å². The summed E-state index contributed by atoms with van der Waals surface area (Å²) in [6, 6.07) is 6.96. The number of hydrogen-bond donors (Lipinski definition) is 0. The average molecular weight is 340 g/mol. The number of benzene rings is 1. The lowest BCUT2D eigenvalue weighted by Gasteiger charge is -2.38. The maximum atomic E-state index is 14.0. The number of piperazine rings is 1. The van der Waals surface area contributed by atoms with Crippen molar-refractivity contribution >= 4 is 17.3 Å². The highest BCUT2D eigenvalue weighted by atomic mass is 19.1. The molecule has 3 heterocycles. The van der Waals surface area contributed by atoms with Crippen LogP contribution in [0.3, 0.4) is 0 Å². The Morgan fingerprint density at radius 1 is 1.08 bits per heavy atom. The first-order valence-electron chi connectivity index (χ1n) is 8.62. The topological polar surface area (TPSA) is 49.6 Å². The number of aryl methyl sites for hydroxylation is 1. The Bertz CT molecular complexity index is 898. The van der Waals surface area contributed by atoms with Crippen LogP contribution >= 0.6 is 0 Å². The summed E-state index contributed by atoms with van der Waals surface area (Å²) >= 11 is 0. The van der Waals surface area contributed by atoms with Crippen LogP contribution in [-0.2, 0) is 6.42 Å². The molecule has 2 aromatic heterocycles. The van der Waals surface area contributed by atoms with E-state index >= 15 is 0 Å². The second-order valence-corrected chi connectivity index (χ2v) is 6.25. The van der Waals surface area contributed by atoms with Crippen LogP contribution in [0.5, 0.6) is 0 Å². The lowest BCUT2D eigenvalue weighted by molar-refractivity contribution is 0.592. The van der Waals surface area contributed by atoms with E-state index in [1.807, 2.05) is 23.6 Å². The molecule has 25 heavy (non-hydrogen) atoms. The third-order valence-corrected chi connectivity index (χ3v) is 4.83. The smallest absolute Gasteiger partial charge is 0.254 e. The number of anilines is 2. The molecule has 0 bridgehead atoms. The van der Waals surface area contributed by atoms with Crippen molar-refractivity contribution in [2.45, 2.75) is 20.3 Å². The summed E-state index contributed by atoms with van der Waals surface area (Å²) in [6.45, 7) is 7.29. The zero-order valence-corrected chi connectivity index (χ0v) is 14.5. The van der Waals surface area contributed by atoms with Gasteiger partial charge in [-0.25, -0.2) is 9.37 Å². The molecule has 4 rings (SSSR count). The lowest BCUT2D eigenvalue weighted by atomic mass is 10.1. The zero-order chi connectivity index (χ0) is 17.4. The first-order valence-corrected chi connectivity index (χ1v) is 8.62. The molecule has 1 fully saturated rings. The summed E-state index contributed by atoms with van der Waals surface area (Å²) in [4.78, 5) is 13.2. The fraction of sp³-hybridized carbons (Fsp3) is 0.389. The third-order valence-electron chi connectivity index (χ3n) is 4.83. The Hall–Kier alpha value is -2.70. The minimum atomic E-state index is -0.163. The van der Waals surface area contributed by atoms with Crippen LogP contribution in [0.4, 0.5) is 15.9 Å². The molecule has 1 aliphatic heterocycles. The van der Waals surface area contributed by atoms with Crippen LogP contribution in [0.1, 0.15) is 18.2 Å². The molecule has 7 heteroatoms. The summed E-state index contributed by atoms with van der Waals surface area (Å²) in [5, 5.41) is 4.36. The fourth-order valence-electron chi connectivity index (χ4n) is 3.57. The van der Waals surface area contributed by atoms with Crippen molar-refractivity contribution in [1.82, 2.24) is 19.6 Å². The second-order valence-electron chi connectivity index (χ2n) is 6.25. The summed E-state index contributed by atoms with van der Waals surface area (Å²) < 4.78 is 15.9. The van der Waals surface area contributed by atoms with E-state index in [9.17, 15) is 4.39 Å². The van der Waals surface area contributed by atoms with Gasteiger partial charge in [-0.2, -0.15) is 14.6 Å². The Labute approximate surface area is 145 Å². The molecule has 0 saturated carbocycles. The fourth-order valence-corrected chi connectivity index (χ4v) is 3.57. The molecular formula is C18H21FN6. The van der Waals surface area contributed by atoms with Crippen molar-refractivity contribution < 1.29 is 4.39 Å². The van der Waals surface area contributed by atoms with Crippen molar-refractivity contribution in [2.24, 2.45) is 0 Å². The molecule has 0 radical (unpaired) electrons. The molecule has 3 aromatic rings. The molecule has 130 valence electrons. The molecular weight excluding hydrogens is 319 g/mol. The first kappa shape index (κ1) is 15.8. The quantitative estimate of drug-likeness (QED) is 0.733. The van der Waals surface area contributed by atoms with Gasteiger partial charge in [-0.1, -0.05) is 19.1 Å². The van der Waals surface area contributed by atoms with Crippen LogP contribution < -0.4 is 9.80 Å². The largest absolute Gasteiger partial charge is 0.366 e.